The van der Waals surface area contributed by atoms with Crippen LogP contribution in [0.1, 0.15) is 0 Å². The summed E-state index contributed by atoms with van der Waals surface area (Å²) in [4.78, 5) is 5.42. The number of pyridine rings is 1. The fourth-order valence-electron chi connectivity index (χ4n) is 7.55. The molecule has 0 bridgehead atoms. The fraction of sp³-hybridized carbons (Fsp3) is 0. The molecule has 1 nitrogen and oxygen atoms in total. The van der Waals surface area contributed by atoms with Crippen LogP contribution in [0, 0.1) is 0 Å². The Morgan fingerprint density at radius 2 is 0.898 bits per heavy atom. The molecule has 0 radical (unpaired) electrons. The van der Waals surface area contributed by atoms with Crippen LogP contribution in [0.25, 0.3) is 105 Å². The highest BCUT2D eigenvalue weighted by atomic mass is 32.1. The van der Waals surface area contributed by atoms with E-state index >= 15 is 0 Å². The highest BCUT2D eigenvalue weighted by molar-refractivity contribution is 7.32. The van der Waals surface area contributed by atoms with E-state index in [9.17, 15) is 0 Å². The maximum Gasteiger partial charge on any atom is 0.0730 e. The molecule has 7 aromatic carbocycles. The second-order valence-corrected chi connectivity index (χ2v) is 15.9. The second kappa shape index (κ2) is 10.6. The summed E-state index contributed by atoms with van der Waals surface area (Å²) in [5.41, 5.74) is 9.07. The summed E-state index contributed by atoms with van der Waals surface area (Å²) in [6.07, 6.45) is 0. The number of rotatable bonds is 4. The first-order chi connectivity index (χ1) is 24.3. The Bertz CT molecular complexity index is 3020. The summed E-state index contributed by atoms with van der Waals surface area (Å²) in [7, 11) is 0. The van der Waals surface area contributed by atoms with Crippen molar-refractivity contribution in [1.29, 1.82) is 0 Å². The Morgan fingerprint density at radius 3 is 1.67 bits per heavy atom. The highest BCUT2D eigenvalue weighted by Crippen LogP contribution is 2.53. The molecule has 0 unspecified atom stereocenters. The van der Waals surface area contributed by atoms with Gasteiger partial charge >= 0.3 is 0 Å². The molecule has 0 aliphatic carbocycles. The molecule has 0 fully saturated rings. The third kappa shape index (κ3) is 4.18. The van der Waals surface area contributed by atoms with Crippen LogP contribution in [0.3, 0.4) is 0 Å². The van der Waals surface area contributed by atoms with Gasteiger partial charge in [-0.15, -0.1) is 34.0 Å². The Morgan fingerprint density at radius 1 is 0.347 bits per heavy atom. The number of thiophene rings is 2. The minimum atomic E-state index is 0.980. The van der Waals surface area contributed by atoms with Gasteiger partial charge in [0.15, 0.2) is 0 Å². The first-order valence-electron chi connectivity index (χ1n) is 16.4. The molecule has 0 saturated heterocycles. The lowest BCUT2D eigenvalue weighted by Crippen LogP contribution is -1.92. The topological polar surface area (TPSA) is 12.9 Å². The lowest BCUT2D eigenvalue weighted by Gasteiger charge is -2.12. The van der Waals surface area contributed by atoms with Gasteiger partial charge in [-0.05, 0) is 75.5 Å². The smallest absolute Gasteiger partial charge is 0.0730 e. The number of hydrogen-bond donors (Lipinski definition) is 0. The van der Waals surface area contributed by atoms with Crippen molar-refractivity contribution in [3.63, 3.8) is 0 Å². The van der Waals surface area contributed by atoms with Crippen molar-refractivity contribution < 1.29 is 0 Å². The molecule has 0 aliphatic rings. The molecule has 4 aromatic heterocycles. The predicted octanol–water partition coefficient (Wildman–Crippen LogP) is 14.3. The molecule has 4 heteroatoms. The van der Waals surface area contributed by atoms with Gasteiger partial charge in [0.25, 0.3) is 0 Å². The standard InChI is InChI=1S/C45H25NS3/c1-3-9-26(10-4-1)28-15-17-29(18-16-28)34-23-31(27-11-5-2-6-12-27)24-35(46-34)33-19-20-38-42-41-37(48-45(33)42)22-21-36-40(41)43-39(47-36)25-30-13-7-8-14-32(30)44(43)49-38/h1-25H. The Balaban J connectivity index is 1.18. The van der Waals surface area contributed by atoms with Gasteiger partial charge in [0, 0.05) is 60.9 Å². The molecule has 4 heterocycles. The third-order valence-electron chi connectivity index (χ3n) is 9.85. The van der Waals surface area contributed by atoms with Gasteiger partial charge in [-0.1, -0.05) is 109 Å². The Kier molecular flexibility index (Phi) is 5.93. The minimum Gasteiger partial charge on any atom is -0.248 e. The Hall–Kier alpha value is -5.39. The van der Waals surface area contributed by atoms with E-state index in [-0.39, 0.29) is 0 Å². The van der Waals surface area contributed by atoms with Gasteiger partial charge in [0.05, 0.1) is 11.4 Å². The molecule has 49 heavy (non-hydrogen) atoms. The molecule has 0 spiro atoms. The van der Waals surface area contributed by atoms with Crippen molar-refractivity contribution in [2.24, 2.45) is 0 Å². The van der Waals surface area contributed by atoms with Crippen molar-refractivity contribution in [3.8, 4) is 44.8 Å². The fourth-order valence-corrected chi connectivity index (χ4v) is 11.4. The van der Waals surface area contributed by atoms with Crippen LogP contribution in [0.15, 0.2) is 152 Å². The molecular weight excluding hydrogens is 651 g/mol. The van der Waals surface area contributed by atoms with Gasteiger partial charge in [-0.25, -0.2) is 4.98 Å². The zero-order chi connectivity index (χ0) is 32.1. The molecule has 0 atom stereocenters. The van der Waals surface area contributed by atoms with E-state index in [2.05, 4.69) is 152 Å². The van der Waals surface area contributed by atoms with Crippen LogP contribution in [0.4, 0.5) is 0 Å². The highest BCUT2D eigenvalue weighted by Gasteiger charge is 2.22. The average molecular weight is 676 g/mol. The molecule has 0 aliphatic heterocycles. The lowest BCUT2D eigenvalue weighted by atomic mass is 9.97. The monoisotopic (exact) mass is 675 g/mol. The molecule has 11 rings (SSSR count). The zero-order valence-corrected chi connectivity index (χ0v) is 28.6. The summed E-state index contributed by atoms with van der Waals surface area (Å²) in [6, 6.07) is 55.2. The van der Waals surface area contributed by atoms with E-state index in [1.54, 1.807) is 0 Å². The molecule has 0 amide bonds. The minimum absolute atomic E-state index is 0.980. The average Bonchev–Trinajstić information content (AvgIpc) is 3.69. The van der Waals surface area contributed by atoms with Gasteiger partial charge in [0.2, 0.25) is 0 Å². The van der Waals surface area contributed by atoms with Crippen molar-refractivity contribution in [2.45, 2.75) is 0 Å². The first-order valence-corrected chi connectivity index (χ1v) is 18.9. The number of fused-ring (bicyclic) bond motifs is 2. The zero-order valence-electron chi connectivity index (χ0n) is 26.1. The number of benzene rings is 7. The number of nitrogens with zero attached hydrogens (tertiary/aromatic N) is 1. The lowest BCUT2D eigenvalue weighted by molar-refractivity contribution is 1.33. The summed E-state index contributed by atoms with van der Waals surface area (Å²) < 4.78 is 8.10. The van der Waals surface area contributed by atoms with Gasteiger partial charge in [-0.2, -0.15) is 0 Å². The van der Waals surface area contributed by atoms with Crippen LogP contribution in [0.5, 0.6) is 0 Å². The molecule has 0 N–H and O–H groups in total. The molecule has 228 valence electrons. The van der Waals surface area contributed by atoms with Crippen molar-refractivity contribution in [2.75, 3.05) is 0 Å². The first kappa shape index (κ1) is 27.5. The van der Waals surface area contributed by atoms with Crippen LogP contribution in [-0.2, 0) is 0 Å². The van der Waals surface area contributed by atoms with Crippen LogP contribution >= 0.6 is 34.0 Å². The second-order valence-electron chi connectivity index (χ2n) is 12.7. The maximum absolute atomic E-state index is 5.42. The summed E-state index contributed by atoms with van der Waals surface area (Å²) in [5, 5.41) is 8.24. The number of aromatic nitrogens is 1. The molecule has 11 aromatic rings. The van der Waals surface area contributed by atoms with E-state index in [0.29, 0.717) is 0 Å². The van der Waals surface area contributed by atoms with Crippen molar-refractivity contribution >= 4 is 94.5 Å². The SMILES string of the molecule is c1ccc(-c2ccc(-c3cc(-c4ccccc4)cc(-c4ccc5sc6c7ccccc7cc7sc8ccc9sc4c5c9c8c76)n3)cc2)cc1. The molecular formula is C45H25NS3. The van der Waals surface area contributed by atoms with Crippen molar-refractivity contribution in [1.82, 2.24) is 4.98 Å². The van der Waals surface area contributed by atoms with E-state index in [0.717, 1.165) is 17.0 Å². The predicted molar refractivity (Wildman–Crippen MR) is 216 cm³/mol. The normalized spacial score (nSPS) is 12.1. The van der Waals surface area contributed by atoms with E-state index in [4.69, 9.17) is 4.98 Å². The largest absolute Gasteiger partial charge is 0.248 e. The van der Waals surface area contributed by atoms with E-state index in [1.165, 1.54) is 88.3 Å². The van der Waals surface area contributed by atoms with Crippen LogP contribution in [-0.4, -0.2) is 4.98 Å². The van der Waals surface area contributed by atoms with Crippen LogP contribution in [0.2, 0.25) is 0 Å². The van der Waals surface area contributed by atoms with Crippen LogP contribution < -0.4 is 0 Å². The maximum atomic E-state index is 5.42. The van der Waals surface area contributed by atoms with Gasteiger partial charge in [-0.3, -0.25) is 0 Å². The van der Waals surface area contributed by atoms with Crippen molar-refractivity contribution in [3.05, 3.63) is 152 Å². The van der Waals surface area contributed by atoms with Gasteiger partial charge < -0.3 is 0 Å². The Labute approximate surface area is 294 Å². The summed E-state index contributed by atoms with van der Waals surface area (Å²) >= 11 is 5.78. The van der Waals surface area contributed by atoms with E-state index in [1.807, 2.05) is 34.0 Å². The summed E-state index contributed by atoms with van der Waals surface area (Å²) in [6.45, 7) is 0. The quantitative estimate of drug-likeness (QED) is 0.181. The number of hydrogen-bond acceptors (Lipinski definition) is 4. The summed E-state index contributed by atoms with van der Waals surface area (Å²) in [5.74, 6) is 0. The molecule has 0 saturated carbocycles. The van der Waals surface area contributed by atoms with Gasteiger partial charge in [0.1, 0.15) is 0 Å². The third-order valence-corrected chi connectivity index (χ3v) is 13.3. The van der Waals surface area contributed by atoms with E-state index < -0.39 is 0 Å².